The van der Waals surface area contributed by atoms with Crippen molar-refractivity contribution in [3.05, 3.63) is 60.7 Å². The zero-order valence-electron chi connectivity index (χ0n) is 13.3. The molecule has 2 aromatic rings. The molecule has 2 aromatic carbocycles. The van der Waals surface area contributed by atoms with Crippen LogP contribution in [0.25, 0.3) is 0 Å². The normalized spacial score (nSPS) is 12.4. The Morgan fingerprint density at radius 2 is 1.29 bits per heavy atom. The van der Waals surface area contributed by atoms with Crippen molar-refractivity contribution in [3.63, 3.8) is 0 Å². The molecule has 2 rings (SSSR count). The summed E-state index contributed by atoms with van der Waals surface area (Å²) in [6, 6.07) is 20.5. The first-order valence-electron chi connectivity index (χ1n) is 7.86. The summed E-state index contributed by atoms with van der Waals surface area (Å²) >= 11 is 0. The summed E-state index contributed by atoms with van der Waals surface area (Å²) in [6.45, 7) is 6.67. The van der Waals surface area contributed by atoms with E-state index in [9.17, 15) is 4.80 Å². The van der Waals surface area contributed by atoms with Crippen LogP contribution < -0.4 is 10.4 Å². The van der Waals surface area contributed by atoms with E-state index in [1.54, 1.807) is 0 Å². The van der Waals surface area contributed by atoms with Crippen molar-refractivity contribution in [1.29, 1.82) is 0 Å². The van der Waals surface area contributed by atoms with Crippen LogP contribution in [0.2, 0.25) is 5.04 Å². The molecule has 0 fully saturated rings. The van der Waals surface area contributed by atoms with E-state index in [-0.39, 0.29) is 5.04 Å². The fourth-order valence-corrected chi connectivity index (χ4v) is 6.89. The minimum atomic E-state index is -2.77. The Morgan fingerprint density at radius 3 is 1.67 bits per heavy atom. The minimum Gasteiger partial charge on any atom is -0.424 e. The topological polar surface area (TPSA) is 20.2 Å². The van der Waals surface area contributed by atoms with Gasteiger partial charge in [-0.05, 0) is 21.8 Å². The third-order valence-corrected chi connectivity index (χ3v) is 9.06. The van der Waals surface area contributed by atoms with Crippen LogP contribution in [0.4, 0.5) is 0 Å². The molecule has 2 heteroatoms. The van der Waals surface area contributed by atoms with Crippen LogP contribution in [0.3, 0.4) is 0 Å². The lowest BCUT2D eigenvalue weighted by Gasteiger charge is -2.41. The maximum atomic E-state index is 11.8. The van der Waals surface area contributed by atoms with Crippen molar-refractivity contribution in [2.24, 2.45) is 0 Å². The molecule has 0 saturated heterocycles. The molecule has 0 bridgehead atoms. The molecular weight excluding hydrogens is 272 g/mol. The Balaban J connectivity index is 2.55. The number of unbranched alkanes of at least 4 members (excludes halogenated alkanes) is 1. The van der Waals surface area contributed by atoms with Crippen molar-refractivity contribution >= 4 is 18.7 Å². The third kappa shape index (κ3) is 3.12. The monoisotopic (exact) mass is 298 g/mol. The highest BCUT2D eigenvalue weighted by molar-refractivity contribution is 6.98. The fraction of sp³-hybridized carbons (Fsp3) is 0.368. The standard InChI is InChI=1S/C19H26OSi/c1-4-5-16-19(2,3)21(20,17-12-8-6-9-13-17)18-14-10-7-11-15-18/h6-15,20H,4-5,16H2,1-3H3. The minimum absolute atomic E-state index is 0.0916. The first-order chi connectivity index (χ1) is 10.0. The molecule has 0 saturated carbocycles. The third-order valence-electron chi connectivity index (χ3n) is 4.52. The van der Waals surface area contributed by atoms with E-state index in [0.717, 1.165) is 29.6 Å². The van der Waals surface area contributed by atoms with Gasteiger partial charge in [0.1, 0.15) is 0 Å². The first kappa shape index (κ1) is 16.0. The smallest absolute Gasteiger partial charge is 0.258 e. The lowest BCUT2D eigenvalue weighted by atomic mass is 10.1. The number of hydrogen-bond acceptors (Lipinski definition) is 1. The van der Waals surface area contributed by atoms with Crippen LogP contribution in [0, 0.1) is 0 Å². The Morgan fingerprint density at radius 1 is 0.857 bits per heavy atom. The summed E-state index contributed by atoms with van der Waals surface area (Å²) in [5, 5.41) is 2.13. The van der Waals surface area contributed by atoms with Gasteiger partial charge in [0.25, 0.3) is 8.32 Å². The molecule has 0 aromatic heterocycles. The van der Waals surface area contributed by atoms with E-state index >= 15 is 0 Å². The van der Waals surface area contributed by atoms with Crippen LogP contribution >= 0.6 is 0 Å². The van der Waals surface area contributed by atoms with Crippen molar-refractivity contribution in [2.45, 2.75) is 45.1 Å². The first-order valence-corrected chi connectivity index (χ1v) is 9.80. The molecule has 0 unspecified atom stereocenters. The molecule has 1 nitrogen and oxygen atoms in total. The average molecular weight is 299 g/mol. The molecule has 0 spiro atoms. The van der Waals surface area contributed by atoms with Gasteiger partial charge in [0.15, 0.2) is 0 Å². The van der Waals surface area contributed by atoms with Gasteiger partial charge in [-0.25, -0.2) is 0 Å². The second-order valence-corrected chi connectivity index (χ2v) is 10.4. The lowest BCUT2D eigenvalue weighted by Crippen LogP contribution is -2.65. The molecule has 0 amide bonds. The zero-order chi connectivity index (χ0) is 15.3. The number of benzene rings is 2. The predicted octanol–water partition coefficient (Wildman–Crippen LogP) is 3.71. The molecule has 112 valence electrons. The zero-order valence-corrected chi connectivity index (χ0v) is 14.3. The van der Waals surface area contributed by atoms with Crippen molar-refractivity contribution < 1.29 is 4.80 Å². The van der Waals surface area contributed by atoms with Gasteiger partial charge < -0.3 is 4.80 Å². The van der Waals surface area contributed by atoms with Gasteiger partial charge in [0.2, 0.25) is 0 Å². The van der Waals surface area contributed by atoms with Crippen molar-refractivity contribution in [2.75, 3.05) is 0 Å². The summed E-state index contributed by atoms with van der Waals surface area (Å²) < 4.78 is 0. The van der Waals surface area contributed by atoms with E-state index < -0.39 is 8.32 Å². The second-order valence-electron chi connectivity index (χ2n) is 6.43. The van der Waals surface area contributed by atoms with Crippen LogP contribution in [0.15, 0.2) is 60.7 Å². The number of hydrogen-bond donors (Lipinski definition) is 1. The van der Waals surface area contributed by atoms with Crippen LogP contribution in [-0.4, -0.2) is 13.1 Å². The van der Waals surface area contributed by atoms with E-state index in [4.69, 9.17) is 0 Å². The fourth-order valence-electron chi connectivity index (χ4n) is 3.11. The summed E-state index contributed by atoms with van der Waals surface area (Å²) in [7, 11) is -2.77. The van der Waals surface area contributed by atoms with Crippen molar-refractivity contribution in [1.82, 2.24) is 0 Å². The molecule has 0 aliphatic carbocycles. The van der Waals surface area contributed by atoms with E-state index in [1.807, 2.05) is 36.4 Å². The highest BCUT2D eigenvalue weighted by Gasteiger charge is 2.49. The van der Waals surface area contributed by atoms with Gasteiger partial charge in [-0.3, -0.25) is 0 Å². The van der Waals surface area contributed by atoms with Gasteiger partial charge in [0, 0.05) is 0 Å². The SMILES string of the molecule is CCCCC(C)(C)[Si](O)(c1ccccc1)c1ccccc1. The van der Waals surface area contributed by atoms with Gasteiger partial charge in [-0.2, -0.15) is 0 Å². The quantitative estimate of drug-likeness (QED) is 0.806. The highest BCUT2D eigenvalue weighted by atomic mass is 28.4. The van der Waals surface area contributed by atoms with Gasteiger partial charge in [-0.1, -0.05) is 94.3 Å². The lowest BCUT2D eigenvalue weighted by molar-refractivity contribution is 0.455. The summed E-state index contributed by atoms with van der Waals surface area (Å²) in [5.41, 5.74) is 0. The van der Waals surface area contributed by atoms with Crippen LogP contribution in [0.1, 0.15) is 40.0 Å². The summed E-state index contributed by atoms with van der Waals surface area (Å²) in [5.74, 6) is 0. The Labute approximate surface area is 129 Å². The van der Waals surface area contributed by atoms with E-state index in [0.29, 0.717) is 0 Å². The predicted molar refractivity (Wildman–Crippen MR) is 93.7 cm³/mol. The highest BCUT2D eigenvalue weighted by Crippen LogP contribution is 2.39. The largest absolute Gasteiger partial charge is 0.424 e. The Hall–Kier alpha value is -1.38. The molecule has 1 N–H and O–H groups in total. The van der Waals surface area contributed by atoms with E-state index in [1.165, 1.54) is 0 Å². The molecule has 0 heterocycles. The number of rotatable bonds is 6. The van der Waals surface area contributed by atoms with Gasteiger partial charge in [0.05, 0.1) is 0 Å². The van der Waals surface area contributed by atoms with Crippen molar-refractivity contribution in [3.8, 4) is 0 Å². The van der Waals surface area contributed by atoms with E-state index in [2.05, 4.69) is 45.0 Å². The molecule has 21 heavy (non-hydrogen) atoms. The van der Waals surface area contributed by atoms with Gasteiger partial charge >= 0.3 is 0 Å². The van der Waals surface area contributed by atoms with Gasteiger partial charge in [-0.15, -0.1) is 0 Å². The Kier molecular flexibility index (Phi) is 5.02. The van der Waals surface area contributed by atoms with Crippen LogP contribution in [0.5, 0.6) is 0 Å². The maximum Gasteiger partial charge on any atom is 0.258 e. The molecule has 0 radical (unpaired) electrons. The summed E-state index contributed by atoms with van der Waals surface area (Å²) in [6.07, 6.45) is 3.37. The molecule has 0 aliphatic rings. The molecule has 0 atom stereocenters. The Bertz CT molecular complexity index is 509. The van der Waals surface area contributed by atoms with Crippen LogP contribution in [-0.2, 0) is 0 Å². The molecule has 0 aliphatic heterocycles. The summed E-state index contributed by atoms with van der Waals surface area (Å²) in [4.78, 5) is 11.8. The second kappa shape index (κ2) is 6.59. The average Bonchev–Trinajstić information content (AvgIpc) is 2.53. The maximum absolute atomic E-state index is 11.8. The molecular formula is C19H26OSi.